The zero-order valence-electron chi connectivity index (χ0n) is 18.0. The minimum Gasteiger partial charge on any atom is -0.355 e. The summed E-state index contributed by atoms with van der Waals surface area (Å²) in [4.78, 5) is 15.3. The summed E-state index contributed by atoms with van der Waals surface area (Å²) in [5.74, 6) is 0. The van der Waals surface area contributed by atoms with Crippen molar-refractivity contribution in [3.05, 3.63) is 95.7 Å². The van der Waals surface area contributed by atoms with E-state index in [9.17, 15) is 4.79 Å². The monoisotopic (exact) mass is 387 g/mol. The van der Waals surface area contributed by atoms with Gasteiger partial charge >= 0.3 is 0 Å². The van der Waals surface area contributed by atoms with E-state index < -0.39 is 5.54 Å². The Morgan fingerprint density at radius 2 is 1.52 bits per heavy atom. The van der Waals surface area contributed by atoms with E-state index in [-0.39, 0.29) is 5.54 Å². The molecule has 152 valence electrons. The van der Waals surface area contributed by atoms with Gasteiger partial charge in [-0.1, -0.05) is 86.5 Å². The highest BCUT2D eigenvalue weighted by molar-refractivity contribution is 5.67. The Morgan fingerprint density at radius 3 is 2.00 bits per heavy atom. The summed E-state index contributed by atoms with van der Waals surface area (Å²) in [6.45, 7) is 6.73. The van der Waals surface area contributed by atoms with E-state index in [2.05, 4.69) is 92.6 Å². The first-order valence-corrected chi connectivity index (χ1v) is 10.7. The molecule has 0 bridgehead atoms. The Bertz CT molecular complexity index is 811. The van der Waals surface area contributed by atoms with Crippen molar-refractivity contribution in [3.63, 3.8) is 0 Å². The molecule has 0 spiro atoms. The van der Waals surface area contributed by atoms with E-state index in [0.717, 1.165) is 19.3 Å². The highest BCUT2D eigenvalue weighted by Gasteiger charge is 2.46. The largest absolute Gasteiger partial charge is 0.355 e. The van der Waals surface area contributed by atoms with Crippen molar-refractivity contribution in [1.29, 1.82) is 0 Å². The molecule has 2 aromatic carbocycles. The van der Waals surface area contributed by atoms with Crippen LogP contribution < -0.4 is 0 Å². The number of carbonyl (C=O) groups excluding carboxylic acids is 1. The topological polar surface area (TPSA) is 20.3 Å². The lowest BCUT2D eigenvalue weighted by molar-refractivity contribution is -0.120. The lowest BCUT2D eigenvalue weighted by Gasteiger charge is -2.53. The van der Waals surface area contributed by atoms with E-state index in [1.807, 2.05) is 12.1 Å². The average Bonchev–Trinajstić information content (AvgIpc) is 2.75. The van der Waals surface area contributed by atoms with Crippen LogP contribution in [0.3, 0.4) is 0 Å². The van der Waals surface area contributed by atoms with Crippen molar-refractivity contribution in [3.8, 4) is 0 Å². The van der Waals surface area contributed by atoms with Crippen LogP contribution in [0.4, 0.5) is 0 Å². The summed E-state index contributed by atoms with van der Waals surface area (Å²) in [7, 11) is 0. The second-order valence-corrected chi connectivity index (χ2v) is 8.48. The van der Waals surface area contributed by atoms with Gasteiger partial charge in [-0.25, -0.2) is 0 Å². The number of allylic oxidation sites excluding steroid dienone is 2. The average molecular weight is 388 g/mol. The first kappa shape index (κ1) is 21.1. The Hall–Kier alpha value is -2.61. The van der Waals surface area contributed by atoms with E-state index in [1.54, 1.807) is 0 Å². The Kier molecular flexibility index (Phi) is 6.74. The van der Waals surface area contributed by atoms with Crippen molar-refractivity contribution >= 4 is 6.29 Å². The maximum atomic E-state index is 12.9. The minimum atomic E-state index is -0.642. The van der Waals surface area contributed by atoms with Crippen molar-refractivity contribution < 1.29 is 4.79 Å². The number of benzene rings is 2. The summed E-state index contributed by atoms with van der Waals surface area (Å²) in [6.07, 6.45) is 12.3. The predicted octanol–water partition coefficient (Wildman–Crippen LogP) is 6.13. The molecule has 2 nitrogen and oxygen atoms in total. The summed E-state index contributed by atoms with van der Waals surface area (Å²) in [5.41, 5.74) is 2.88. The van der Waals surface area contributed by atoms with Gasteiger partial charge < -0.3 is 9.69 Å². The van der Waals surface area contributed by atoms with Crippen molar-refractivity contribution in [2.45, 2.75) is 64.0 Å². The van der Waals surface area contributed by atoms with E-state index in [4.69, 9.17) is 0 Å². The van der Waals surface area contributed by atoms with Crippen LogP contribution in [0.2, 0.25) is 0 Å². The van der Waals surface area contributed by atoms with Crippen LogP contribution in [-0.2, 0) is 17.6 Å². The van der Waals surface area contributed by atoms with Gasteiger partial charge in [-0.15, -0.1) is 0 Å². The Morgan fingerprint density at radius 1 is 0.966 bits per heavy atom. The second-order valence-electron chi connectivity index (χ2n) is 8.48. The zero-order chi connectivity index (χ0) is 20.7. The van der Waals surface area contributed by atoms with Crippen molar-refractivity contribution in [1.82, 2.24) is 4.90 Å². The molecular weight excluding hydrogens is 354 g/mol. The van der Waals surface area contributed by atoms with Crippen LogP contribution >= 0.6 is 0 Å². The second kappa shape index (κ2) is 9.26. The standard InChI is InChI=1S/C27H33NO/c1-4-5-18-26(3)23(2)13-12-19-28(26)27(22-29,20-24-14-8-6-9-15-24)21-25-16-10-7-11-17-25/h6-17,19,22H,4-5,18,20-21H2,1-3H3/t26-/m1/s1. The fourth-order valence-electron chi connectivity index (χ4n) is 4.56. The first-order valence-electron chi connectivity index (χ1n) is 10.7. The molecule has 0 aromatic heterocycles. The Balaban J connectivity index is 2.08. The molecule has 2 aromatic rings. The SMILES string of the molecule is CCCC[C@]1(C)C(C)=CC=CN1C(C=O)(Cc1ccccc1)Cc1ccccc1. The molecule has 0 aliphatic carbocycles. The molecule has 0 N–H and O–H groups in total. The minimum absolute atomic E-state index is 0.171. The van der Waals surface area contributed by atoms with Crippen LogP contribution in [-0.4, -0.2) is 22.3 Å². The summed E-state index contributed by atoms with van der Waals surface area (Å²) < 4.78 is 0. The smallest absolute Gasteiger partial charge is 0.146 e. The molecule has 3 rings (SSSR count). The molecule has 1 aliphatic heterocycles. The third-order valence-electron chi connectivity index (χ3n) is 6.39. The fourth-order valence-corrected chi connectivity index (χ4v) is 4.56. The van der Waals surface area contributed by atoms with Gasteiger partial charge in [0.05, 0.1) is 5.54 Å². The summed E-state index contributed by atoms with van der Waals surface area (Å²) in [5, 5.41) is 0. The van der Waals surface area contributed by atoms with E-state index in [0.29, 0.717) is 12.8 Å². The molecule has 0 amide bonds. The van der Waals surface area contributed by atoms with Gasteiger partial charge in [-0.3, -0.25) is 0 Å². The lowest BCUT2D eigenvalue weighted by Crippen LogP contribution is -2.61. The third-order valence-corrected chi connectivity index (χ3v) is 6.39. The van der Waals surface area contributed by atoms with E-state index >= 15 is 0 Å². The van der Waals surface area contributed by atoms with Crippen LogP contribution in [0, 0.1) is 0 Å². The number of carbonyl (C=O) groups is 1. The lowest BCUT2D eigenvalue weighted by atomic mass is 9.76. The molecule has 0 fully saturated rings. The van der Waals surface area contributed by atoms with Crippen LogP contribution in [0.15, 0.2) is 84.6 Å². The molecule has 1 aliphatic rings. The van der Waals surface area contributed by atoms with Gasteiger partial charge in [0, 0.05) is 19.0 Å². The number of rotatable bonds is 9. The molecule has 1 atom stereocenters. The van der Waals surface area contributed by atoms with Crippen LogP contribution in [0.1, 0.15) is 51.2 Å². The maximum absolute atomic E-state index is 12.9. The van der Waals surface area contributed by atoms with Gasteiger partial charge in [-0.05, 0) is 43.0 Å². The van der Waals surface area contributed by atoms with Crippen molar-refractivity contribution in [2.24, 2.45) is 0 Å². The van der Waals surface area contributed by atoms with Crippen LogP contribution in [0.25, 0.3) is 0 Å². The summed E-state index contributed by atoms with van der Waals surface area (Å²) >= 11 is 0. The molecule has 0 saturated heterocycles. The number of nitrogens with zero attached hydrogens (tertiary/aromatic N) is 1. The molecule has 29 heavy (non-hydrogen) atoms. The van der Waals surface area contributed by atoms with Gasteiger partial charge in [0.2, 0.25) is 0 Å². The first-order chi connectivity index (χ1) is 14.0. The fraction of sp³-hybridized carbons (Fsp3) is 0.370. The number of hydrogen-bond acceptors (Lipinski definition) is 2. The van der Waals surface area contributed by atoms with Crippen LogP contribution in [0.5, 0.6) is 0 Å². The highest BCUT2D eigenvalue weighted by Crippen LogP contribution is 2.40. The van der Waals surface area contributed by atoms with Crippen molar-refractivity contribution in [2.75, 3.05) is 0 Å². The predicted molar refractivity (Wildman–Crippen MR) is 122 cm³/mol. The highest BCUT2D eigenvalue weighted by atomic mass is 16.1. The molecule has 0 unspecified atom stereocenters. The maximum Gasteiger partial charge on any atom is 0.146 e. The number of aldehydes is 1. The molecule has 0 radical (unpaired) electrons. The summed E-state index contributed by atoms with van der Waals surface area (Å²) in [6, 6.07) is 20.8. The molecule has 1 heterocycles. The van der Waals surface area contributed by atoms with Gasteiger partial charge in [0.1, 0.15) is 11.8 Å². The Labute approximate surface area is 175 Å². The normalized spacial score (nSPS) is 19.1. The number of unbranched alkanes of at least 4 members (excludes halogenated alkanes) is 1. The quantitative estimate of drug-likeness (QED) is 0.482. The van der Waals surface area contributed by atoms with Gasteiger partial charge in [0.25, 0.3) is 0 Å². The molecule has 2 heteroatoms. The zero-order valence-corrected chi connectivity index (χ0v) is 18.0. The number of hydrogen-bond donors (Lipinski definition) is 0. The molecular formula is C27H33NO. The molecule has 0 saturated carbocycles. The van der Waals surface area contributed by atoms with E-state index in [1.165, 1.54) is 23.0 Å². The van der Waals surface area contributed by atoms with Gasteiger partial charge in [0.15, 0.2) is 0 Å². The third kappa shape index (κ3) is 4.53. The van der Waals surface area contributed by atoms with Gasteiger partial charge in [-0.2, -0.15) is 0 Å².